The Labute approximate surface area is 183 Å². The lowest BCUT2D eigenvalue weighted by molar-refractivity contribution is -0.141. The Kier molecular flexibility index (Phi) is 6.09. The molecule has 2 fully saturated rings. The molecular weight excluding hydrogens is 392 g/mol. The van der Waals surface area contributed by atoms with Crippen LogP contribution in [0, 0.1) is 5.92 Å². The lowest BCUT2D eigenvalue weighted by Gasteiger charge is -2.35. The summed E-state index contributed by atoms with van der Waals surface area (Å²) >= 11 is 0. The topological polar surface area (TPSA) is 51.2 Å². The number of hydrogen-bond donors (Lipinski definition) is 0. The van der Waals surface area contributed by atoms with Crippen molar-refractivity contribution in [3.63, 3.8) is 0 Å². The molecule has 0 radical (unpaired) electrons. The Morgan fingerprint density at radius 1 is 0.903 bits per heavy atom. The number of piperidine rings is 1. The molecule has 2 aromatic carbocycles. The van der Waals surface area contributed by atoms with Gasteiger partial charge in [-0.3, -0.25) is 9.69 Å². The number of benzene rings is 2. The molecule has 3 aliphatic rings. The highest BCUT2D eigenvalue weighted by atomic mass is 16.6. The zero-order valence-electron chi connectivity index (χ0n) is 17.9. The van der Waals surface area contributed by atoms with E-state index in [1.165, 1.54) is 5.56 Å². The predicted octanol–water partition coefficient (Wildman–Crippen LogP) is 3.27. The van der Waals surface area contributed by atoms with Crippen molar-refractivity contribution in [2.75, 3.05) is 46.0 Å². The summed E-state index contributed by atoms with van der Waals surface area (Å²) in [6, 6.07) is 16.5. The second-order valence-electron chi connectivity index (χ2n) is 8.59. The van der Waals surface area contributed by atoms with Crippen LogP contribution in [-0.4, -0.2) is 61.7 Å². The smallest absolute Gasteiger partial charge is 0.225 e. The van der Waals surface area contributed by atoms with Gasteiger partial charge in [-0.05, 0) is 49.2 Å². The summed E-state index contributed by atoms with van der Waals surface area (Å²) in [5, 5.41) is 0. The van der Waals surface area contributed by atoms with Gasteiger partial charge in [0.15, 0.2) is 17.6 Å². The van der Waals surface area contributed by atoms with E-state index in [-0.39, 0.29) is 12.0 Å². The zero-order valence-corrected chi connectivity index (χ0v) is 17.9. The van der Waals surface area contributed by atoms with Crippen LogP contribution in [0.2, 0.25) is 0 Å². The molecule has 3 heterocycles. The van der Waals surface area contributed by atoms with Gasteiger partial charge in [-0.25, -0.2) is 0 Å². The van der Waals surface area contributed by atoms with Gasteiger partial charge in [-0.1, -0.05) is 36.4 Å². The van der Waals surface area contributed by atoms with Crippen LogP contribution < -0.4 is 9.47 Å². The minimum absolute atomic E-state index is 0.0779. The third kappa shape index (κ3) is 4.70. The molecule has 0 bridgehead atoms. The van der Waals surface area contributed by atoms with Crippen molar-refractivity contribution in [3.8, 4) is 11.5 Å². The molecule has 5 rings (SSSR count). The minimum atomic E-state index is -0.0779. The van der Waals surface area contributed by atoms with Crippen molar-refractivity contribution in [3.05, 3.63) is 59.7 Å². The van der Waals surface area contributed by atoms with E-state index in [9.17, 15) is 4.79 Å². The van der Waals surface area contributed by atoms with Gasteiger partial charge < -0.3 is 19.1 Å². The number of hydrogen-bond acceptors (Lipinski definition) is 5. The molecule has 3 aliphatic heterocycles. The molecule has 31 heavy (non-hydrogen) atoms. The quantitative estimate of drug-likeness (QED) is 0.757. The van der Waals surface area contributed by atoms with E-state index >= 15 is 0 Å². The first-order valence-electron chi connectivity index (χ1n) is 11.3. The van der Waals surface area contributed by atoms with Crippen LogP contribution in [0.25, 0.3) is 0 Å². The van der Waals surface area contributed by atoms with Crippen molar-refractivity contribution in [2.45, 2.75) is 25.5 Å². The number of fused-ring (bicyclic) bond motifs is 1. The van der Waals surface area contributed by atoms with Crippen LogP contribution in [0.1, 0.15) is 30.1 Å². The van der Waals surface area contributed by atoms with E-state index in [0.29, 0.717) is 25.7 Å². The van der Waals surface area contributed by atoms with Gasteiger partial charge in [0.2, 0.25) is 5.91 Å². The number of ether oxygens (including phenoxy) is 3. The number of para-hydroxylation sites is 2. The predicted molar refractivity (Wildman–Crippen MR) is 117 cm³/mol. The summed E-state index contributed by atoms with van der Waals surface area (Å²) < 4.78 is 17.3. The monoisotopic (exact) mass is 422 g/mol. The van der Waals surface area contributed by atoms with Crippen LogP contribution >= 0.6 is 0 Å². The number of rotatable bonds is 4. The lowest BCUT2D eigenvalue weighted by atomic mass is 9.94. The molecular formula is C25H30N2O4. The zero-order chi connectivity index (χ0) is 21.0. The SMILES string of the molecule is O=C(C1CCN(Cc2ccc(C3COc4ccccc4O3)cc2)CC1)N1CCOCC1. The molecule has 164 valence electrons. The summed E-state index contributed by atoms with van der Waals surface area (Å²) in [6.45, 7) is 6.22. The highest BCUT2D eigenvalue weighted by Gasteiger charge is 2.29. The highest BCUT2D eigenvalue weighted by molar-refractivity contribution is 5.79. The maximum absolute atomic E-state index is 12.7. The van der Waals surface area contributed by atoms with Crippen LogP contribution in [0.3, 0.4) is 0 Å². The molecule has 0 saturated carbocycles. The highest BCUT2D eigenvalue weighted by Crippen LogP contribution is 2.36. The Morgan fingerprint density at radius 2 is 1.61 bits per heavy atom. The van der Waals surface area contributed by atoms with Crippen molar-refractivity contribution in [1.82, 2.24) is 9.80 Å². The van der Waals surface area contributed by atoms with E-state index in [2.05, 4.69) is 29.2 Å². The second-order valence-corrected chi connectivity index (χ2v) is 8.59. The molecule has 0 aliphatic carbocycles. The molecule has 2 aromatic rings. The maximum Gasteiger partial charge on any atom is 0.225 e. The average Bonchev–Trinajstić information content (AvgIpc) is 2.85. The van der Waals surface area contributed by atoms with E-state index in [1.54, 1.807) is 0 Å². The van der Waals surface area contributed by atoms with Gasteiger partial charge >= 0.3 is 0 Å². The summed E-state index contributed by atoms with van der Waals surface area (Å²) in [6.07, 6.45) is 1.81. The molecule has 6 heteroatoms. The van der Waals surface area contributed by atoms with Crippen molar-refractivity contribution in [2.24, 2.45) is 5.92 Å². The van der Waals surface area contributed by atoms with Crippen LogP contribution in [0.5, 0.6) is 11.5 Å². The molecule has 0 N–H and O–H groups in total. The number of carbonyl (C=O) groups is 1. The van der Waals surface area contributed by atoms with Gasteiger partial charge in [0.25, 0.3) is 0 Å². The van der Waals surface area contributed by atoms with Crippen LogP contribution in [0.15, 0.2) is 48.5 Å². The van der Waals surface area contributed by atoms with Crippen molar-refractivity contribution >= 4 is 5.91 Å². The number of likely N-dealkylation sites (tertiary alicyclic amines) is 1. The second kappa shape index (κ2) is 9.28. The van der Waals surface area contributed by atoms with Crippen LogP contribution in [-0.2, 0) is 16.1 Å². The van der Waals surface area contributed by atoms with Crippen LogP contribution in [0.4, 0.5) is 0 Å². The Hall–Kier alpha value is -2.57. The summed E-state index contributed by atoms with van der Waals surface area (Å²) in [5.74, 6) is 2.11. The normalized spacial score (nSPS) is 22.3. The molecule has 1 amide bonds. The van der Waals surface area contributed by atoms with Gasteiger partial charge in [-0.2, -0.15) is 0 Å². The van der Waals surface area contributed by atoms with E-state index in [1.807, 2.05) is 29.2 Å². The van der Waals surface area contributed by atoms with Crippen molar-refractivity contribution in [1.29, 1.82) is 0 Å². The fourth-order valence-corrected chi connectivity index (χ4v) is 4.66. The molecule has 0 spiro atoms. The summed E-state index contributed by atoms with van der Waals surface area (Å²) in [4.78, 5) is 17.1. The third-order valence-corrected chi connectivity index (χ3v) is 6.53. The standard InChI is InChI=1S/C25H30N2O4/c28-25(27-13-15-29-16-14-27)21-9-11-26(12-10-21)17-19-5-7-20(8-6-19)24-18-30-22-3-1-2-4-23(22)31-24/h1-8,21,24H,9-18H2. The first-order chi connectivity index (χ1) is 15.3. The fourth-order valence-electron chi connectivity index (χ4n) is 4.66. The number of amides is 1. The van der Waals surface area contributed by atoms with Gasteiger partial charge in [-0.15, -0.1) is 0 Å². The molecule has 6 nitrogen and oxygen atoms in total. The summed E-state index contributed by atoms with van der Waals surface area (Å²) in [5.41, 5.74) is 2.42. The maximum atomic E-state index is 12.7. The lowest BCUT2D eigenvalue weighted by Crippen LogP contribution is -2.46. The number of morpholine rings is 1. The average molecular weight is 423 g/mol. The number of nitrogens with zero attached hydrogens (tertiary/aromatic N) is 2. The Balaban J connectivity index is 1.12. The first kappa shape index (κ1) is 20.3. The van der Waals surface area contributed by atoms with Gasteiger partial charge in [0.05, 0.1) is 13.2 Å². The van der Waals surface area contributed by atoms with Gasteiger partial charge in [0, 0.05) is 25.6 Å². The van der Waals surface area contributed by atoms with E-state index < -0.39 is 0 Å². The van der Waals surface area contributed by atoms with Crippen molar-refractivity contribution < 1.29 is 19.0 Å². The number of carbonyl (C=O) groups excluding carboxylic acids is 1. The first-order valence-corrected chi connectivity index (χ1v) is 11.3. The van der Waals surface area contributed by atoms with Gasteiger partial charge in [0.1, 0.15) is 6.61 Å². The Morgan fingerprint density at radius 3 is 2.35 bits per heavy atom. The molecule has 1 atom stereocenters. The Bertz CT molecular complexity index is 887. The van der Waals surface area contributed by atoms with E-state index in [4.69, 9.17) is 14.2 Å². The minimum Gasteiger partial charge on any atom is -0.485 e. The molecule has 1 unspecified atom stereocenters. The summed E-state index contributed by atoms with van der Waals surface area (Å²) in [7, 11) is 0. The molecule has 2 saturated heterocycles. The largest absolute Gasteiger partial charge is 0.485 e. The van der Waals surface area contributed by atoms with E-state index in [0.717, 1.165) is 62.6 Å². The molecule has 0 aromatic heterocycles. The third-order valence-electron chi connectivity index (χ3n) is 6.53. The fraction of sp³-hybridized carbons (Fsp3) is 0.480.